The highest BCUT2D eigenvalue weighted by atomic mass is 32.1. The van der Waals surface area contributed by atoms with Crippen molar-refractivity contribution in [2.24, 2.45) is 0 Å². The first kappa shape index (κ1) is 19.7. The third-order valence-corrected chi connectivity index (χ3v) is 6.76. The second kappa shape index (κ2) is 8.13. The van der Waals surface area contributed by atoms with E-state index in [0.717, 1.165) is 27.6 Å². The molecule has 0 saturated carbocycles. The number of hydrogen-bond acceptors (Lipinski definition) is 6. The summed E-state index contributed by atoms with van der Waals surface area (Å²) in [5, 5.41) is 13.7. The van der Waals surface area contributed by atoms with Crippen molar-refractivity contribution in [2.75, 3.05) is 26.2 Å². The van der Waals surface area contributed by atoms with Gasteiger partial charge in [0.1, 0.15) is 10.4 Å². The van der Waals surface area contributed by atoms with Crippen molar-refractivity contribution in [3.8, 4) is 0 Å². The van der Waals surface area contributed by atoms with Crippen LogP contribution >= 0.6 is 11.3 Å². The highest BCUT2D eigenvalue weighted by Crippen LogP contribution is 2.39. The molecule has 3 aromatic heterocycles. The Hall–Kier alpha value is -3.23. The molecule has 0 radical (unpaired) electrons. The van der Waals surface area contributed by atoms with Crippen LogP contribution in [-0.2, 0) is 0 Å². The lowest BCUT2D eigenvalue weighted by atomic mass is 9.95. The topological polar surface area (TPSA) is 95.7 Å². The second-order valence-electron chi connectivity index (χ2n) is 7.57. The largest absolute Gasteiger partial charge is 0.451 e. The Morgan fingerprint density at radius 1 is 1.26 bits per heavy atom. The van der Waals surface area contributed by atoms with Crippen LogP contribution in [-0.4, -0.2) is 53.0 Å². The van der Waals surface area contributed by atoms with Crippen molar-refractivity contribution in [1.29, 1.82) is 0 Å². The average molecular weight is 436 g/mol. The number of rotatable bonds is 5. The Bertz CT molecular complexity index is 1250. The van der Waals surface area contributed by atoms with E-state index in [4.69, 9.17) is 9.52 Å². The lowest BCUT2D eigenvalue weighted by Gasteiger charge is -2.16. The van der Waals surface area contributed by atoms with E-state index in [9.17, 15) is 9.59 Å². The van der Waals surface area contributed by atoms with Crippen LogP contribution in [0.1, 0.15) is 38.1 Å². The average Bonchev–Trinajstić information content (AvgIpc) is 3.52. The predicted octanol–water partition coefficient (Wildman–Crippen LogP) is 3.39. The van der Waals surface area contributed by atoms with Gasteiger partial charge in [0.15, 0.2) is 5.76 Å². The van der Waals surface area contributed by atoms with Crippen molar-refractivity contribution in [3.05, 3.63) is 64.9 Å². The first-order valence-corrected chi connectivity index (χ1v) is 11.0. The van der Waals surface area contributed by atoms with Gasteiger partial charge in [-0.15, -0.1) is 11.3 Å². The lowest BCUT2D eigenvalue weighted by Crippen LogP contribution is -2.29. The first-order chi connectivity index (χ1) is 15.2. The summed E-state index contributed by atoms with van der Waals surface area (Å²) < 4.78 is 5.76. The molecule has 2 amide bonds. The highest BCUT2D eigenvalue weighted by Gasteiger charge is 2.34. The maximum Gasteiger partial charge on any atom is 0.289 e. The van der Waals surface area contributed by atoms with Crippen molar-refractivity contribution in [3.63, 3.8) is 0 Å². The molecule has 1 fully saturated rings. The van der Waals surface area contributed by atoms with Crippen LogP contribution in [0, 0.1) is 0 Å². The van der Waals surface area contributed by atoms with Crippen LogP contribution in [0.15, 0.2) is 53.1 Å². The second-order valence-corrected chi connectivity index (χ2v) is 8.56. The van der Waals surface area contributed by atoms with Crippen LogP contribution in [0.3, 0.4) is 0 Å². The summed E-state index contributed by atoms with van der Waals surface area (Å²) in [6.45, 7) is 1.18. The predicted molar refractivity (Wildman–Crippen MR) is 119 cm³/mol. The van der Waals surface area contributed by atoms with E-state index in [0.29, 0.717) is 29.3 Å². The van der Waals surface area contributed by atoms with Gasteiger partial charge in [-0.1, -0.05) is 24.3 Å². The van der Waals surface area contributed by atoms with Crippen LogP contribution in [0.25, 0.3) is 21.2 Å². The zero-order chi connectivity index (χ0) is 21.4. The van der Waals surface area contributed by atoms with Gasteiger partial charge in [0, 0.05) is 42.5 Å². The van der Waals surface area contributed by atoms with Crippen molar-refractivity contribution >= 4 is 44.3 Å². The number of aliphatic hydroxyl groups excluding tert-OH is 1. The normalized spacial score (nSPS) is 16.3. The molecule has 158 valence electrons. The molecule has 4 heterocycles. The molecule has 2 N–H and O–H groups in total. The number of amides is 2. The minimum Gasteiger partial charge on any atom is -0.451 e. The number of para-hydroxylation sites is 1. The molecule has 1 unspecified atom stereocenters. The third kappa shape index (κ3) is 3.58. The number of thiophene rings is 1. The van der Waals surface area contributed by atoms with Gasteiger partial charge in [-0.2, -0.15) is 0 Å². The number of carbonyl (C=O) groups excluding carboxylic acids is 2. The van der Waals surface area contributed by atoms with Crippen LogP contribution in [0.4, 0.5) is 0 Å². The number of nitrogens with zero attached hydrogens (tertiary/aromatic N) is 2. The van der Waals surface area contributed by atoms with Gasteiger partial charge < -0.3 is 19.7 Å². The van der Waals surface area contributed by atoms with Gasteiger partial charge >= 0.3 is 0 Å². The summed E-state index contributed by atoms with van der Waals surface area (Å²) in [5.41, 5.74) is 1.63. The Labute approximate surface area is 182 Å². The zero-order valence-electron chi connectivity index (χ0n) is 16.7. The number of furan rings is 1. The van der Waals surface area contributed by atoms with Crippen molar-refractivity contribution < 1.29 is 19.1 Å². The van der Waals surface area contributed by atoms with Crippen LogP contribution in [0.5, 0.6) is 0 Å². The highest BCUT2D eigenvalue weighted by molar-refractivity contribution is 7.20. The molecule has 4 aromatic rings. The smallest absolute Gasteiger partial charge is 0.289 e. The standard InChI is InChI=1S/C23H21N3O4S/c27-11-9-24-21(28)20-19(16-5-3-8-25-22(16)31-20)15-7-10-26(13-15)23(29)18-12-14-4-1-2-6-17(14)30-18/h1-6,8,12,15,27H,7,9-11,13H2,(H,24,28). The van der Waals surface area contributed by atoms with Crippen molar-refractivity contribution in [1.82, 2.24) is 15.2 Å². The summed E-state index contributed by atoms with van der Waals surface area (Å²) in [4.78, 5) is 33.4. The fourth-order valence-electron chi connectivity index (χ4n) is 4.20. The zero-order valence-corrected chi connectivity index (χ0v) is 17.5. The lowest BCUT2D eigenvalue weighted by molar-refractivity contribution is 0.0761. The molecule has 7 nitrogen and oxygen atoms in total. The molecule has 8 heteroatoms. The molecule has 31 heavy (non-hydrogen) atoms. The van der Waals surface area contributed by atoms with Gasteiger partial charge in [0.25, 0.3) is 11.8 Å². The van der Waals surface area contributed by atoms with Crippen LogP contribution in [0.2, 0.25) is 0 Å². The minimum absolute atomic E-state index is 0.0288. The molecule has 1 aliphatic heterocycles. The van der Waals surface area contributed by atoms with Crippen molar-refractivity contribution in [2.45, 2.75) is 12.3 Å². The maximum atomic E-state index is 13.1. The number of fused-ring (bicyclic) bond motifs is 2. The SMILES string of the molecule is O=C(NCCO)c1sc2ncccc2c1C1CCN(C(=O)c2cc3ccccc3o2)C1. The molecule has 1 aliphatic rings. The molecule has 1 aromatic carbocycles. The fourth-order valence-corrected chi connectivity index (χ4v) is 5.34. The van der Waals surface area contributed by atoms with Gasteiger partial charge in [-0.25, -0.2) is 4.98 Å². The van der Waals surface area contributed by atoms with E-state index < -0.39 is 0 Å². The summed E-state index contributed by atoms with van der Waals surface area (Å²) >= 11 is 1.35. The number of carbonyl (C=O) groups is 2. The monoisotopic (exact) mass is 435 g/mol. The Kier molecular flexibility index (Phi) is 5.17. The number of benzene rings is 1. The first-order valence-electron chi connectivity index (χ1n) is 10.2. The van der Waals surface area contributed by atoms with Gasteiger partial charge in [-0.3, -0.25) is 9.59 Å². The molecule has 0 aliphatic carbocycles. The number of aliphatic hydroxyl groups is 1. The molecule has 0 spiro atoms. The summed E-state index contributed by atoms with van der Waals surface area (Å²) in [7, 11) is 0. The molecule has 5 rings (SSSR count). The molecular weight excluding hydrogens is 414 g/mol. The van der Waals surface area contributed by atoms with E-state index in [1.54, 1.807) is 17.2 Å². The Balaban J connectivity index is 1.43. The molecule has 1 saturated heterocycles. The number of pyridine rings is 1. The molecular formula is C23H21N3O4S. The van der Waals surface area contributed by atoms with Gasteiger partial charge in [-0.05, 0) is 30.2 Å². The van der Waals surface area contributed by atoms with E-state index in [2.05, 4.69) is 10.3 Å². The maximum absolute atomic E-state index is 13.1. The third-order valence-electron chi connectivity index (χ3n) is 5.63. The Morgan fingerprint density at radius 3 is 2.97 bits per heavy atom. The minimum atomic E-state index is -0.214. The van der Waals surface area contributed by atoms with E-state index in [1.165, 1.54) is 11.3 Å². The van der Waals surface area contributed by atoms with E-state index in [1.807, 2.05) is 36.4 Å². The summed E-state index contributed by atoms with van der Waals surface area (Å²) in [6.07, 6.45) is 2.47. The Morgan fingerprint density at radius 2 is 2.13 bits per heavy atom. The fraction of sp³-hybridized carbons (Fsp3) is 0.261. The van der Waals surface area contributed by atoms with E-state index >= 15 is 0 Å². The number of hydrogen-bond donors (Lipinski definition) is 2. The number of likely N-dealkylation sites (tertiary alicyclic amines) is 1. The van der Waals surface area contributed by atoms with Gasteiger partial charge in [0.05, 0.1) is 11.5 Å². The quantitative estimate of drug-likeness (QED) is 0.501. The summed E-state index contributed by atoms with van der Waals surface area (Å²) in [5.74, 6) is 0.0116. The van der Waals surface area contributed by atoms with Crippen LogP contribution < -0.4 is 5.32 Å². The molecule has 1 atom stereocenters. The summed E-state index contributed by atoms with van der Waals surface area (Å²) in [6, 6.07) is 13.2. The number of aromatic nitrogens is 1. The van der Waals surface area contributed by atoms with E-state index in [-0.39, 0.29) is 30.9 Å². The van der Waals surface area contributed by atoms with Gasteiger partial charge in [0.2, 0.25) is 0 Å². The molecule has 0 bridgehead atoms. The number of nitrogens with one attached hydrogen (secondary N) is 1.